The SMILES string of the molecule is Cc1nc2ccc(C(=O)N[C@@H](C)CCCC(C)C)cc2nc1C. The summed E-state index contributed by atoms with van der Waals surface area (Å²) in [5.74, 6) is 0.674. The van der Waals surface area contributed by atoms with Gasteiger partial charge < -0.3 is 5.32 Å². The van der Waals surface area contributed by atoms with Crippen molar-refractivity contribution in [1.82, 2.24) is 15.3 Å². The van der Waals surface area contributed by atoms with Crippen LogP contribution in [0.15, 0.2) is 18.2 Å². The lowest BCUT2D eigenvalue weighted by molar-refractivity contribution is 0.0938. The van der Waals surface area contributed by atoms with E-state index in [1.807, 2.05) is 32.0 Å². The number of rotatable bonds is 6. The van der Waals surface area contributed by atoms with Gasteiger partial charge >= 0.3 is 0 Å². The van der Waals surface area contributed by atoms with E-state index in [9.17, 15) is 4.79 Å². The predicted molar refractivity (Wildman–Crippen MR) is 94.6 cm³/mol. The predicted octanol–water partition coefficient (Wildman–Crippen LogP) is 4.19. The summed E-state index contributed by atoms with van der Waals surface area (Å²) in [6, 6.07) is 5.70. The molecule has 1 aromatic heterocycles. The van der Waals surface area contributed by atoms with Crippen molar-refractivity contribution in [2.24, 2.45) is 5.92 Å². The van der Waals surface area contributed by atoms with E-state index in [0.717, 1.165) is 35.3 Å². The topological polar surface area (TPSA) is 54.9 Å². The molecule has 0 fully saturated rings. The third-order valence-electron chi connectivity index (χ3n) is 4.13. The quantitative estimate of drug-likeness (QED) is 0.870. The van der Waals surface area contributed by atoms with Crippen molar-refractivity contribution in [2.45, 2.75) is 59.9 Å². The van der Waals surface area contributed by atoms with Crippen molar-refractivity contribution in [1.29, 1.82) is 0 Å². The van der Waals surface area contributed by atoms with Crippen molar-refractivity contribution in [3.05, 3.63) is 35.2 Å². The van der Waals surface area contributed by atoms with E-state index in [1.165, 1.54) is 6.42 Å². The highest BCUT2D eigenvalue weighted by Crippen LogP contribution is 2.15. The Labute approximate surface area is 138 Å². The maximum atomic E-state index is 12.4. The molecule has 124 valence electrons. The van der Waals surface area contributed by atoms with Gasteiger partial charge in [0.25, 0.3) is 5.91 Å². The number of fused-ring (bicyclic) bond motifs is 1. The van der Waals surface area contributed by atoms with Gasteiger partial charge in [0, 0.05) is 11.6 Å². The molecule has 0 aliphatic carbocycles. The maximum absolute atomic E-state index is 12.4. The first-order valence-electron chi connectivity index (χ1n) is 8.42. The molecule has 0 saturated heterocycles. The number of amides is 1. The molecule has 1 amide bonds. The lowest BCUT2D eigenvalue weighted by Crippen LogP contribution is -2.32. The molecule has 1 N–H and O–H groups in total. The van der Waals surface area contributed by atoms with Crippen molar-refractivity contribution in [3.8, 4) is 0 Å². The summed E-state index contributed by atoms with van der Waals surface area (Å²) in [5, 5.41) is 3.07. The fourth-order valence-corrected chi connectivity index (χ4v) is 2.58. The summed E-state index contributed by atoms with van der Waals surface area (Å²) in [7, 11) is 0. The van der Waals surface area contributed by atoms with Crippen LogP contribution in [0.1, 0.15) is 61.8 Å². The zero-order valence-corrected chi connectivity index (χ0v) is 14.8. The molecule has 2 rings (SSSR count). The van der Waals surface area contributed by atoms with Crippen molar-refractivity contribution < 1.29 is 4.79 Å². The largest absolute Gasteiger partial charge is 0.350 e. The first kappa shape index (κ1) is 17.4. The van der Waals surface area contributed by atoms with Gasteiger partial charge in [-0.15, -0.1) is 0 Å². The Hall–Kier alpha value is -1.97. The van der Waals surface area contributed by atoms with Gasteiger partial charge in [-0.2, -0.15) is 0 Å². The van der Waals surface area contributed by atoms with Gasteiger partial charge in [0.2, 0.25) is 0 Å². The summed E-state index contributed by atoms with van der Waals surface area (Å²) in [6.07, 6.45) is 3.35. The number of hydrogen-bond acceptors (Lipinski definition) is 3. The molecule has 23 heavy (non-hydrogen) atoms. The van der Waals surface area contributed by atoms with Crippen LogP contribution in [-0.2, 0) is 0 Å². The Morgan fingerprint density at radius 3 is 2.35 bits per heavy atom. The molecule has 0 aliphatic rings. The fraction of sp³-hybridized carbons (Fsp3) is 0.526. The number of aryl methyl sites for hydroxylation is 2. The average molecular weight is 313 g/mol. The van der Waals surface area contributed by atoms with Crippen LogP contribution in [0.4, 0.5) is 0 Å². The van der Waals surface area contributed by atoms with Gasteiger partial charge in [-0.3, -0.25) is 4.79 Å². The van der Waals surface area contributed by atoms with E-state index >= 15 is 0 Å². The van der Waals surface area contributed by atoms with Crippen LogP contribution in [0.2, 0.25) is 0 Å². The molecule has 0 unspecified atom stereocenters. The number of carbonyl (C=O) groups is 1. The minimum Gasteiger partial charge on any atom is -0.350 e. The van der Waals surface area contributed by atoms with Crippen molar-refractivity contribution in [2.75, 3.05) is 0 Å². The van der Waals surface area contributed by atoms with E-state index in [4.69, 9.17) is 0 Å². The molecule has 1 atom stereocenters. The lowest BCUT2D eigenvalue weighted by Gasteiger charge is -2.15. The van der Waals surface area contributed by atoms with Crippen LogP contribution in [0, 0.1) is 19.8 Å². The summed E-state index contributed by atoms with van der Waals surface area (Å²) < 4.78 is 0. The number of carbonyl (C=O) groups excluding carboxylic acids is 1. The molecule has 1 aromatic carbocycles. The summed E-state index contributed by atoms with van der Waals surface area (Å²) >= 11 is 0. The van der Waals surface area contributed by atoms with Crippen molar-refractivity contribution >= 4 is 16.9 Å². The molecule has 2 aromatic rings. The monoisotopic (exact) mass is 313 g/mol. The van der Waals surface area contributed by atoms with Gasteiger partial charge in [-0.25, -0.2) is 9.97 Å². The minimum absolute atomic E-state index is 0.0380. The normalized spacial score (nSPS) is 12.6. The maximum Gasteiger partial charge on any atom is 0.251 e. The standard InChI is InChI=1S/C19H27N3O/c1-12(2)7-6-8-13(3)20-19(23)16-9-10-17-18(11-16)22-15(5)14(4)21-17/h9-13H,6-8H2,1-5H3,(H,20,23)/t13-/m0/s1. The molecule has 0 radical (unpaired) electrons. The Morgan fingerprint density at radius 2 is 1.70 bits per heavy atom. The van der Waals surface area contributed by atoms with E-state index in [1.54, 1.807) is 0 Å². The van der Waals surface area contributed by atoms with E-state index in [0.29, 0.717) is 11.5 Å². The van der Waals surface area contributed by atoms with Crippen LogP contribution < -0.4 is 5.32 Å². The fourth-order valence-electron chi connectivity index (χ4n) is 2.58. The van der Waals surface area contributed by atoms with Gasteiger partial charge in [0.1, 0.15) is 0 Å². The Balaban J connectivity index is 2.04. The number of nitrogens with one attached hydrogen (secondary N) is 1. The number of aromatic nitrogens is 2. The highest BCUT2D eigenvalue weighted by molar-refractivity contribution is 5.97. The number of nitrogens with zero attached hydrogens (tertiary/aromatic N) is 2. The van der Waals surface area contributed by atoms with Gasteiger partial charge in [0.05, 0.1) is 22.4 Å². The Bertz CT molecular complexity index is 694. The molecule has 4 heteroatoms. The van der Waals surface area contributed by atoms with E-state index < -0.39 is 0 Å². The molecule has 4 nitrogen and oxygen atoms in total. The van der Waals surface area contributed by atoms with Crippen LogP contribution in [0.3, 0.4) is 0 Å². The van der Waals surface area contributed by atoms with Gasteiger partial charge in [0.15, 0.2) is 0 Å². The third kappa shape index (κ3) is 4.75. The first-order valence-corrected chi connectivity index (χ1v) is 8.42. The van der Waals surface area contributed by atoms with E-state index in [2.05, 4.69) is 36.1 Å². The lowest BCUT2D eigenvalue weighted by atomic mass is 10.0. The van der Waals surface area contributed by atoms with E-state index in [-0.39, 0.29) is 11.9 Å². The van der Waals surface area contributed by atoms with Crippen molar-refractivity contribution in [3.63, 3.8) is 0 Å². The first-order chi connectivity index (χ1) is 10.9. The third-order valence-corrected chi connectivity index (χ3v) is 4.13. The average Bonchev–Trinajstić information content (AvgIpc) is 2.47. The zero-order valence-electron chi connectivity index (χ0n) is 14.8. The molecule has 0 saturated carbocycles. The summed E-state index contributed by atoms with van der Waals surface area (Å²) in [6.45, 7) is 10.4. The van der Waals surface area contributed by atoms with Crippen LogP contribution in [0.5, 0.6) is 0 Å². The summed E-state index contributed by atoms with van der Waals surface area (Å²) in [4.78, 5) is 21.4. The van der Waals surface area contributed by atoms with Gasteiger partial charge in [-0.1, -0.05) is 26.7 Å². The molecule has 0 aliphatic heterocycles. The highest BCUT2D eigenvalue weighted by atomic mass is 16.1. The Morgan fingerprint density at radius 1 is 1.04 bits per heavy atom. The summed E-state index contributed by atoms with van der Waals surface area (Å²) in [5.41, 5.74) is 4.07. The zero-order chi connectivity index (χ0) is 17.0. The second-order valence-corrected chi connectivity index (χ2v) is 6.80. The Kier molecular flexibility index (Phi) is 5.69. The molecule has 0 spiro atoms. The molecule has 0 bridgehead atoms. The molecular weight excluding hydrogens is 286 g/mol. The number of hydrogen-bond donors (Lipinski definition) is 1. The molecular formula is C19H27N3O. The minimum atomic E-state index is -0.0380. The second-order valence-electron chi connectivity index (χ2n) is 6.80. The van der Waals surface area contributed by atoms with Crippen LogP contribution >= 0.6 is 0 Å². The second kappa shape index (κ2) is 7.53. The smallest absolute Gasteiger partial charge is 0.251 e. The van der Waals surface area contributed by atoms with Crippen LogP contribution in [0.25, 0.3) is 11.0 Å². The van der Waals surface area contributed by atoms with Crippen LogP contribution in [-0.4, -0.2) is 21.9 Å². The molecule has 1 heterocycles. The van der Waals surface area contributed by atoms with Gasteiger partial charge in [-0.05, 0) is 51.3 Å². The number of benzene rings is 1. The highest BCUT2D eigenvalue weighted by Gasteiger charge is 2.11.